The van der Waals surface area contributed by atoms with Crippen molar-refractivity contribution in [1.82, 2.24) is 20.4 Å². The van der Waals surface area contributed by atoms with Crippen LogP contribution in [0.2, 0.25) is 4.34 Å². The third kappa shape index (κ3) is 6.78. The van der Waals surface area contributed by atoms with E-state index in [-0.39, 0.29) is 11.8 Å². The Morgan fingerprint density at radius 2 is 2.00 bits per heavy atom. The highest BCUT2D eigenvalue weighted by Crippen LogP contribution is 2.23. The Kier molecular flexibility index (Phi) is 8.68. The van der Waals surface area contributed by atoms with Crippen molar-refractivity contribution in [3.63, 3.8) is 0 Å². The first-order valence-corrected chi connectivity index (χ1v) is 10.5. The fraction of sp³-hybridized carbons (Fsp3) is 0.667. The van der Waals surface area contributed by atoms with Crippen molar-refractivity contribution in [2.24, 2.45) is 10.9 Å². The molecular weight excluding hydrogens is 370 g/mol. The number of aliphatic imine (C=N–C) groups is 1. The zero-order chi connectivity index (χ0) is 18.9. The molecule has 2 rings (SSSR count). The smallest absolute Gasteiger partial charge is 0.222 e. The SMILES string of the molecule is CCNC(=NCCNC(=O)C(C)C)N1CCN(Cc2ccc(Cl)s2)CC1. The van der Waals surface area contributed by atoms with Crippen LogP contribution in [0.15, 0.2) is 17.1 Å². The number of hydrogen-bond acceptors (Lipinski definition) is 4. The minimum atomic E-state index is 0.0125. The lowest BCUT2D eigenvalue weighted by Gasteiger charge is -2.36. The number of rotatable bonds is 7. The van der Waals surface area contributed by atoms with Crippen LogP contribution in [0.1, 0.15) is 25.6 Å². The molecule has 8 heteroatoms. The molecule has 0 saturated carbocycles. The van der Waals surface area contributed by atoms with Gasteiger partial charge in [-0.15, -0.1) is 11.3 Å². The van der Waals surface area contributed by atoms with Gasteiger partial charge in [0.05, 0.1) is 10.9 Å². The number of amides is 1. The van der Waals surface area contributed by atoms with Crippen molar-refractivity contribution in [3.8, 4) is 0 Å². The Hall–Kier alpha value is -1.31. The van der Waals surface area contributed by atoms with Crippen molar-refractivity contribution >= 4 is 34.8 Å². The summed E-state index contributed by atoms with van der Waals surface area (Å²) in [7, 11) is 0. The first kappa shape index (κ1) is 21.0. The second-order valence-electron chi connectivity index (χ2n) is 6.65. The third-order valence-electron chi connectivity index (χ3n) is 4.21. The topological polar surface area (TPSA) is 60.0 Å². The molecule has 0 radical (unpaired) electrons. The molecule has 1 saturated heterocycles. The lowest BCUT2D eigenvalue weighted by Crippen LogP contribution is -2.52. The second-order valence-corrected chi connectivity index (χ2v) is 8.45. The lowest BCUT2D eigenvalue weighted by molar-refractivity contribution is -0.123. The first-order chi connectivity index (χ1) is 12.5. The van der Waals surface area contributed by atoms with Gasteiger partial charge in [-0.2, -0.15) is 0 Å². The molecule has 1 aliphatic heterocycles. The van der Waals surface area contributed by atoms with Crippen LogP contribution in [-0.4, -0.2) is 67.5 Å². The van der Waals surface area contributed by atoms with Crippen LogP contribution >= 0.6 is 22.9 Å². The number of carbonyl (C=O) groups is 1. The van der Waals surface area contributed by atoms with Crippen molar-refractivity contribution in [2.45, 2.75) is 27.3 Å². The maximum absolute atomic E-state index is 11.6. The molecule has 146 valence electrons. The summed E-state index contributed by atoms with van der Waals surface area (Å²) >= 11 is 7.67. The molecule has 0 spiro atoms. The molecule has 26 heavy (non-hydrogen) atoms. The fourth-order valence-electron chi connectivity index (χ4n) is 2.75. The van der Waals surface area contributed by atoms with E-state index < -0.39 is 0 Å². The maximum atomic E-state index is 11.6. The van der Waals surface area contributed by atoms with E-state index in [0.29, 0.717) is 13.1 Å². The molecule has 1 aliphatic rings. The summed E-state index contributed by atoms with van der Waals surface area (Å²) in [6.45, 7) is 12.7. The minimum absolute atomic E-state index is 0.0125. The number of carbonyl (C=O) groups excluding carboxylic acids is 1. The normalized spacial score (nSPS) is 16.2. The molecule has 0 aliphatic carbocycles. The molecule has 0 atom stereocenters. The van der Waals surface area contributed by atoms with E-state index >= 15 is 0 Å². The maximum Gasteiger partial charge on any atom is 0.222 e. The molecule has 6 nitrogen and oxygen atoms in total. The van der Waals surface area contributed by atoms with E-state index in [1.807, 2.05) is 19.9 Å². The summed E-state index contributed by atoms with van der Waals surface area (Å²) in [6, 6.07) is 4.07. The van der Waals surface area contributed by atoms with Crippen molar-refractivity contribution < 1.29 is 4.79 Å². The van der Waals surface area contributed by atoms with Crippen LogP contribution in [-0.2, 0) is 11.3 Å². The Bertz CT molecular complexity index is 596. The van der Waals surface area contributed by atoms with Crippen LogP contribution in [0.5, 0.6) is 0 Å². The van der Waals surface area contributed by atoms with E-state index in [2.05, 4.69) is 38.4 Å². The Morgan fingerprint density at radius 1 is 1.27 bits per heavy atom. The Labute approximate surface area is 165 Å². The Morgan fingerprint density at radius 3 is 2.58 bits per heavy atom. The molecule has 1 fully saturated rings. The summed E-state index contributed by atoms with van der Waals surface area (Å²) in [5.41, 5.74) is 0. The molecule has 1 aromatic rings. The second kappa shape index (κ2) is 10.7. The highest BCUT2D eigenvalue weighted by Gasteiger charge is 2.20. The predicted octanol–water partition coefficient (Wildman–Crippen LogP) is 2.26. The predicted molar refractivity (Wildman–Crippen MR) is 110 cm³/mol. The number of guanidine groups is 1. The number of piperazine rings is 1. The number of nitrogens with one attached hydrogen (secondary N) is 2. The van der Waals surface area contributed by atoms with E-state index in [9.17, 15) is 4.79 Å². The van der Waals surface area contributed by atoms with Gasteiger partial charge in [0.1, 0.15) is 0 Å². The van der Waals surface area contributed by atoms with Crippen LogP contribution in [0, 0.1) is 5.92 Å². The minimum Gasteiger partial charge on any atom is -0.357 e. The molecule has 2 N–H and O–H groups in total. The first-order valence-electron chi connectivity index (χ1n) is 9.27. The standard InChI is InChI=1S/C18H30ClN5OS/c1-4-20-18(22-8-7-21-17(25)14(2)3)24-11-9-23(10-12-24)13-15-5-6-16(19)26-15/h5-6,14H,4,7-13H2,1-3H3,(H,20,22)(H,21,25). The van der Waals surface area contributed by atoms with E-state index in [1.54, 1.807) is 11.3 Å². The van der Waals surface area contributed by atoms with Gasteiger partial charge in [0.25, 0.3) is 0 Å². The van der Waals surface area contributed by atoms with Crippen LogP contribution in [0.4, 0.5) is 0 Å². The van der Waals surface area contributed by atoms with Gasteiger partial charge < -0.3 is 15.5 Å². The van der Waals surface area contributed by atoms with Crippen LogP contribution in [0.25, 0.3) is 0 Å². The Balaban J connectivity index is 1.79. The van der Waals surface area contributed by atoms with Gasteiger partial charge in [0.2, 0.25) is 5.91 Å². The van der Waals surface area contributed by atoms with Crippen LogP contribution in [0.3, 0.4) is 0 Å². The summed E-state index contributed by atoms with van der Waals surface area (Å²) < 4.78 is 0.852. The molecule has 2 heterocycles. The summed E-state index contributed by atoms with van der Waals surface area (Å²) in [5.74, 6) is 1.02. The zero-order valence-electron chi connectivity index (χ0n) is 15.9. The molecule has 1 amide bonds. The monoisotopic (exact) mass is 399 g/mol. The third-order valence-corrected chi connectivity index (χ3v) is 5.43. The number of nitrogens with zero attached hydrogens (tertiary/aromatic N) is 3. The average Bonchev–Trinajstić information content (AvgIpc) is 3.03. The van der Waals surface area contributed by atoms with E-state index in [1.165, 1.54) is 4.88 Å². The van der Waals surface area contributed by atoms with Gasteiger partial charge in [-0.3, -0.25) is 14.7 Å². The lowest BCUT2D eigenvalue weighted by atomic mass is 10.2. The van der Waals surface area contributed by atoms with Crippen LogP contribution < -0.4 is 10.6 Å². The summed E-state index contributed by atoms with van der Waals surface area (Å²) in [5, 5.41) is 6.27. The summed E-state index contributed by atoms with van der Waals surface area (Å²) in [4.78, 5) is 22.3. The van der Waals surface area contributed by atoms with Gasteiger partial charge in [0, 0.05) is 56.6 Å². The highest BCUT2D eigenvalue weighted by atomic mass is 35.5. The van der Waals surface area contributed by atoms with Crippen molar-refractivity contribution in [2.75, 3.05) is 45.8 Å². The largest absolute Gasteiger partial charge is 0.357 e. The molecule has 0 aromatic carbocycles. The molecular formula is C18H30ClN5OS. The zero-order valence-corrected chi connectivity index (χ0v) is 17.5. The van der Waals surface area contributed by atoms with Gasteiger partial charge in [-0.1, -0.05) is 25.4 Å². The highest BCUT2D eigenvalue weighted by molar-refractivity contribution is 7.16. The number of halogens is 1. The number of thiophene rings is 1. The van der Waals surface area contributed by atoms with E-state index in [0.717, 1.165) is 49.6 Å². The number of hydrogen-bond donors (Lipinski definition) is 2. The molecule has 0 bridgehead atoms. The van der Waals surface area contributed by atoms with Gasteiger partial charge >= 0.3 is 0 Å². The summed E-state index contributed by atoms with van der Waals surface area (Å²) in [6.07, 6.45) is 0. The van der Waals surface area contributed by atoms with Gasteiger partial charge in [-0.05, 0) is 19.1 Å². The fourth-order valence-corrected chi connectivity index (χ4v) is 3.88. The van der Waals surface area contributed by atoms with E-state index in [4.69, 9.17) is 11.6 Å². The van der Waals surface area contributed by atoms with Crippen molar-refractivity contribution in [3.05, 3.63) is 21.3 Å². The van der Waals surface area contributed by atoms with Gasteiger partial charge in [-0.25, -0.2) is 0 Å². The molecule has 1 aromatic heterocycles. The quantitative estimate of drug-likeness (QED) is 0.419. The molecule has 0 unspecified atom stereocenters. The van der Waals surface area contributed by atoms with Gasteiger partial charge in [0.15, 0.2) is 5.96 Å². The van der Waals surface area contributed by atoms with Crippen molar-refractivity contribution in [1.29, 1.82) is 0 Å². The average molecular weight is 400 g/mol.